The highest BCUT2D eigenvalue weighted by molar-refractivity contribution is 7.99. The molecule has 3 heterocycles. The SMILES string of the molecule is CCOOCc1[nH]cc2c1NC1=C(C(=O)CCC1)C2c1cccc(Sc2nc3ccccc3[nH]2)c1. The molecule has 178 valence electrons. The van der Waals surface area contributed by atoms with E-state index >= 15 is 0 Å². The number of imidazole rings is 1. The lowest BCUT2D eigenvalue weighted by Crippen LogP contribution is -2.26. The van der Waals surface area contributed by atoms with E-state index in [1.54, 1.807) is 11.8 Å². The Bertz CT molecular complexity index is 1400. The van der Waals surface area contributed by atoms with E-state index in [0.717, 1.165) is 67.7 Å². The number of H-pyrrole nitrogens is 2. The van der Waals surface area contributed by atoms with Crippen LogP contribution in [-0.4, -0.2) is 27.3 Å². The predicted molar refractivity (Wildman–Crippen MR) is 135 cm³/mol. The van der Waals surface area contributed by atoms with E-state index in [0.29, 0.717) is 19.6 Å². The quantitative estimate of drug-likeness (QED) is 0.167. The number of carbonyl (C=O) groups excluding carboxylic acids is 1. The molecule has 2 aromatic carbocycles. The van der Waals surface area contributed by atoms with Crippen molar-refractivity contribution in [3.63, 3.8) is 0 Å². The van der Waals surface area contributed by atoms with E-state index in [9.17, 15) is 4.79 Å². The average Bonchev–Trinajstić information content (AvgIpc) is 3.46. The molecule has 1 aliphatic carbocycles. The molecule has 7 nitrogen and oxygen atoms in total. The standard InChI is InChI=1S/C27H26N4O3S/c1-2-33-34-15-22-26-18(14-28-22)24(25-21(29-26)11-6-12-23(25)32)16-7-5-8-17(13-16)35-27-30-19-9-3-4-10-20(19)31-27/h3-5,7-10,13-14,24,28-29H,2,6,11-12,15H2,1H3,(H,30,31). The molecule has 6 rings (SSSR count). The number of aromatic nitrogens is 3. The van der Waals surface area contributed by atoms with Crippen molar-refractivity contribution >= 4 is 34.3 Å². The number of rotatable bonds is 7. The van der Waals surface area contributed by atoms with E-state index in [1.807, 2.05) is 37.4 Å². The number of nitrogens with one attached hydrogen (secondary N) is 3. The number of anilines is 1. The summed E-state index contributed by atoms with van der Waals surface area (Å²) in [7, 11) is 0. The number of allylic oxidation sites excluding steroid dienone is 2. The van der Waals surface area contributed by atoms with Crippen molar-refractivity contribution in [1.82, 2.24) is 15.0 Å². The van der Waals surface area contributed by atoms with E-state index in [-0.39, 0.29) is 11.7 Å². The van der Waals surface area contributed by atoms with Gasteiger partial charge >= 0.3 is 0 Å². The molecule has 2 aliphatic rings. The van der Waals surface area contributed by atoms with Crippen molar-refractivity contribution in [2.24, 2.45) is 0 Å². The maximum Gasteiger partial charge on any atom is 0.171 e. The van der Waals surface area contributed by atoms with Gasteiger partial charge in [0.1, 0.15) is 6.61 Å². The summed E-state index contributed by atoms with van der Waals surface area (Å²) >= 11 is 1.59. The molecular weight excluding hydrogens is 460 g/mol. The normalized spacial score (nSPS) is 17.4. The molecule has 0 fully saturated rings. The highest BCUT2D eigenvalue weighted by Crippen LogP contribution is 2.47. The van der Waals surface area contributed by atoms with Crippen LogP contribution in [-0.2, 0) is 21.2 Å². The molecule has 0 bridgehead atoms. The summed E-state index contributed by atoms with van der Waals surface area (Å²) in [5, 5.41) is 4.39. The first-order valence-corrected chi connectivity index (χ1v) is 12.7. The van der Waals surface area contributed by atoms with Gasteiger partial charge in [0.15, 0.2) is 10.9 Å². The highest BCUT2D eigenvalue weighted by atomic mass is 32.2. The third-order valence-electron chi connectivity index (χ3n) is 6.50. The Balaban J connectivity index is 1.37. The first-order valence-electron chi connectivity index (χ1n) is 11.9. The van der Waals surface area contributed by atoms with Crippen LogP contribution >= 0.6 is 11.8 Å². The van der Waals surface area contributed by atoms with Crippen LogP contribution in [0.4, 0.5) is 5.69 Å². The van der Waals surface area contributed by atoms with Gasteiger partial charge in [-0.2, -0.15) is 0 Å². The molecule has 1 atom stereocenters. The fourth-order valence-corrected chi connectivity index (χ4v) is 5.85. The number of aromatic amines is 2. The Morgan fingerprint density at radius 3 is 2.91 bits per heavy atom. The molecule has 1 aliphatic heterocycles. The summed E-state index contributed by atoms with van der Waals surface area (Å²) in [6.07, 6.45) is 4.30. The van der Waals surface area contributed by atoms with Crippen LogP contribution in [0.3, 0.4) is 0 Å². The topological polar surface area (TPSA) is 92.0 Å². The Labute approximate surface area is 207 Å². The molecule has 4 aromatic rings. The van der Waals surface area contributed by atoms with Crippen molar-refractivity contribution in [3.05, 3.63) is 82.8 Å². The molecule has 8 heteroatoms. The summed E-state index contributed by atoms with van der Waals surface area (Å²) in [6.45, 7) is 2.68. The molecule has 0 saturated carbocycles. The Morgan fingerprint density at radius 1 is 1.11 bits per heavy atom. The van der Waals surface area contributed by atoms with Crippen molar-refractivity contribution in [2.45, 2.75) is 48.8 Å². The van der Waals surface area contributed by atoms with Crippen LogP contribution in [0.2, 0.25) is 0 Å². The summed E-state index contributed by atoms with van der Waals surface area (Å²) in [5.41, 5.74) is 7.91. The Morgan fingerprint density at radius 2 is 2.03 bits per heavy atom. The van der Waals surface area contributed by atoms with Gasteiger partial charge in [0, 0.05) is 40.3 Å². The van der Waals surface area contributed by atoms with Crippen LogP contribution in [0.1, 0.15) is 48.9 Å². The van der Waals surface area contributed by atoms with Gasteiger partial charge in [-0.05, 0) is 49.6 Å². The Hall–Kier alpha value is -3.33. The van der Waals surface area contributed by atoms with Gasteiger partial charge in [-0.1, -0.05) is 36.0 Å². The van der Waals surface area contributed by atoms with Crippen molar-refractivity contribution in [3.8, 4) is 0 Å². The first-order chi connectivity index (χ1) is 17.2. The molecule has 0 amide bonds. The molecule has 0 radical (unpaired) electrons. The van der Waals surface area contributed by atoms with Gasteiger partial charge in [-0.15, -0.1) is 0 Å². The maximum atomic E-state index is 13.1. The molecule has 1 unspecified atom stereocenters. The molecular formula is C27H26N4O3S. The number of hydrogen-bond acceptors (Lipinski definition) is 6. The smallest absolute Gasteiger partial charge is 0.171 e. The largest absolute Gasteiger partial charge is 0.361 e. The number of benzene rings is 2. The minimum atomic E-state index is -0.137. The fourth-order valence-electron chi connectivity index (χ4n) is 4.98. The van der Waals surface area contributed by atoms with Crippen LogP contribution in [0, 0.1) is 0 Å². The summed E-state index contributed by atoms with van der Waals surface area (Å²) in [5.74, 6) is 0.0837. The number of nitrogens with zero attached hydrogens (tertiary/aromatic N) is 1. The van der Waals surface area contributed by atoms with Gasteiger partial charge in [0.25, 0.3) is 0 Å². The Kier molecular flexibility index (Phi) is 5.93. The van der Waals surface area contributed by atoms with Crippen LogP contribution in [0.25, 0.3) is 11.0 Å². The predicted octanol–water partition coefficient (Wildman–Crippen LogP) is 6.07. The second-order valence-electron chi connectivity index (χ2n) is 8.73. The number of ketones is 1. The molecule has 0 spiro atoms. The number of fused-ring (bicyclic) bond motifs is 2. The van der Waals surface area contributed by atoms with Gasteiger partial charge in [0.2, 0.25) is 0 Å². The van der Waals surface area contributed by atoms with Gasteiger partial charge in [0.05, 0.1) is 29.0 Å². The zero-order valence-corrected chi connectivity index (χ0v) is 20.2. The summed E-state index contributed by atoms with van der Waals surface area (Å²) in [6, 6.07) is 16.4. The van der Waals surface area contributed by atoms with Crippen molar-refractivity contribution < 1.29 is 14.6 Å². The molecule has 35 heavy (non-hydrogen) atoms. The maximum absolute atomic E-state index is 13.1. The van der Waals surface area contributed by atoms with Crippen LogP contribution in [0.5, 0.6) is 0 Å². The van der Waals surface area contributed by atoms with Crippen molar-refractivity contribution in [1.29, 1.82) is 0 Å². The minimum absolute atomic E-state index is 0.137. The number of para-hydroxylation sites is 2. The van der Waals surface area contributed by atoms with E-state index in [1.165, 1.54) is 0 Å². The third kappa shape index (κ3) is 4.18. The second-order valence-corrected chi connectivity index (χ2v) is 9.79. The van der Waals surface area contributed by atoms with Crippen LogP contribution < -0.4 is 5.32 Å². The monoisotopic (exact) mass is 486 g/mol. The fraction of sp³-hybridized carbons (Fsp3) is 0.259. The lowest BCUT2D eigenvalue weighted by atomic mass is 9.76. The molecule has 3 N–H and O–H groups in total. The van der Waals surface area contributed by atoms with Gasteiger partial charge in [-0.25, -0.2) is 14.8 Å². The first kappa shape index (κ1) is 22.2. The highest BCUT2D eigenvalue weighted by Gasteiger charge is 2.36. The van der Waals surface area contributed by atoms with Crippen LogP contribution in [0.15, 0.2) is 76.0 Å². The lowest BCUT2D eigenvalue weighted by Gasteiger charge is -2.33. The number of hydrogen-bond donors (Lipinski definition) is 3. The van der Waals surface area contributed by atoms with E-state index < -0.39 is 0 Å². The average molecular weight is 487 g/mol. The van der Waals surface area contributed by atoms with E-state index in [4.69, 9.17) is 14.8 Å². The lowest BCUT2D eigenvalue weighted by molar-refractivity contribution is -0.301. The third-order valence-corrected chi connectivity index (χ3v) is 7.38. The summed E-state index contributed by atoms with van der Waals surface area (Å²) < 4.78 is 0. The van der Waals surface area contributed by atoms with Gasteiger partial charge in [-0.3, -0.25) is 4.79 Å². The van der Waals surface area contributed by atoms with Gasteiger partial charge < -0.3 is 15.3 Å². The zero-order valence-electron chi connectivity index (χ0n) is 19.4. The molecule has 0 saturated heterocycles. The second kappa shape index (κ2) is 9.37. The van der Waals surface area contributed by atoms with E-state index in [2.05, 4.69) is 39.6 Å². The minimum Gasteiger partial charge on any atom is -0.361 e. The molecule has 2 aromatic heterocycles. The number of carbonyl (C=O) groups is 1. The van der Waals surface area contributed by atoms with Crippen molar-refractivity contribution in [2.75, 3.05) is 11.9 Å². The summed E-state index contributed by atoms with van der Waals surface area (Å²) in [4.78, 5) is 36.1. The zero-order chi connectivity index (χ0) is 23.8. The number of Topliss-reactive ketones (excluding diaryl/α,β-unsaturated/α-hetero) is 1.